The van der Waals surface area contributed by atoms with Crippen LogP contribution in [0.4, 0.5) is 5.69 Å². The van der Waals surface area contributed by atoms with Gasteiger partial charge in [-0.2, -0.15) is 0 Å². The molecule has 0 fully saturated rings. The fourth-order valence-corrected chi connectivity index (χ4v) is 6.33. The van der Waals surface area contributed by atoms with Crippen molar-refractivity contribution in [2.75, 3.05) is 30.3 Å². The first-order valence-electron chi connectivity index (χ1n) is 13.8. The molecule has 0 heterocycles. The van der Waals surface area contributed by atoms with E-state index in [0.717, 1.165) is 32.1 Å². The standard InChI is InChI=1S/C31H38BrN3O5S2/c1-5-7-20-33-31(37)23(3)34(21-24-12-14-25(32)15-13-24)30(36)22-35(28-10-8-9-11-29(28)40-6-2)42(38,39)27-18-16-26(41-4)17-19-27/h8-19,23H,5-7,20-22H2,1-4H3,(H,33,37). The maximum Gasteiger partial charge on any atom is 0.264 e. The molecule has 0 saturated carbocycles. The summed E-state index contributed by atoms with van der Waals surface area (Å²) in [5.41, 5.74) is 1.04. The van der Waals surface area contributed by atoms with Crippen LogP contribution in [-0.4, -0.2) is 57.1 Å². The molecule has 42 heavy (non-hydrogen) atoms. The number of carbonyl (C=O) groups excluding carboxylic acids is 2. The van der Waals surface area contributed by atoms with Crippen molar-refractivity contribution in [3.05, 3.63) is 82.8 Å². The van der Waals surface area contributed by atoms with Crippen molar-refractivity contribution >= 4 is 55.2 Å². The lowest BCUT2D eigenvalue weighted by Crippen LogP contribution is -2.51. The first-order chi connectivity index (χ1) is 20.1. The van der Waals surface area contributed by atoms with E-state index in [9.17, 15) is 18.0 Å². The maximum atomic E-state index is 14.1. The monoisotopic (exact) mass is 675 g/mol. The lowest BCUT2D eigenvalue weighted by molar-refractivity contribution is -0.139. The summed E-state index contributed by atoms with van der Waals surface area (Å²) < 4.78 is 36.0. The van der Waals surface area contributed by atoms with Gasteiger partial charge in [-0.25, -0.2) is 8.42 Å². The van der Waals surface area contributed by atoms with E-state index >= 15 is 0 Å². The van der Waals surface area contributed by atoms with E-state index in [1.54, 1.807) is 50.2 Å². The van der Waals surface area contributed by atoms with E-state index in [2.05, 4.69) is 21.2 Å². The van der Waals surface area contributed by atoms with E-state index < -0.39 is 28.5 Å². The molecule has 11 heteroatoms. The molecule has 1 atom stereocenters. The molecule has 3 rings (SSSR count). The Morgan fingerprint density at radius 2 is 1.67 bits per heavy atom. The van der Waals surface area contributed by atoms with E-state index in [1.807, 2.05) is 37.4 Å². The highest BCUT2D eigenvalue weighted by atomic mass is 79.9. The fraction of sp³-hybridized carbons (Fsp3) is 0.355. The third kappa shape index (κ3) is 8.75. The third-order valence-corrected chi connectivity index (χ3v) is 9.67. The molecule has 0 bridgehead atoms. The third-order valence-electron chi connectivity index (χ3n) is 6.62. The quantitative estimate of drug-likeness (QED) is 0.155. The van der Waals surface area contributed by atoms with Crippen LogP contribution in [0.1, 0.15) is 39.2 Å². The fourth-order valence-electron chi connectivity index (χ4n) is 4.23. The zero-order valence-corrected chi connectivity index (χ0v) is 27.6. The maximum absolute atomic E-state index is 14.1. The van der Waals surface area contributed by atoms with Crippen molar-refractivity contribution < 1.29 is 22.7 Å². The highest BCUT2D eigenvalue weighted by molar-refractivity contribution is 9.10. The van der Waals surface area contributed by atoms with Gasteiger partial charge in [0.2, 0.25) is 11.8 Å². The van der Waals surface area contributed by atoms with E-state index in [4.69, 9.17) is 4.74 Å². The first kappa shape index (κ1) is 33.5. The Hall–Kier alpha value is -3.02. The van der Waals surface area contributed by atoms with Crippen LogP contribution >= 0.6 is 27.7 Å². The number of nitrogens with zero attached hydrogens (tertiary/aromatic N) is 2. The highest BCUT2D eigenvalue weighted by Gasteiger charge is 2.33. The number of unbranched alkanes of at least 4 members (excludes halogenated alkanes) is 1. The van der Waals surface area contributed by atoms with Crippen molar-refractivity contribution in [1.29, 1.82) is 0 Å². The Morgan fingerprint density at radius 3 is 2.29 bits per heavy atom. The van der Waals surface area contributed by atoms with Crippen LogP contribution in [0.3, 0.4) is 0 Å². The average molecular weight is 677 g/mol. The Bertz CT molecular complexity index is 1430. The first-order valence-corrected chi connectivity index (χ1v) is 17.3. The summed E-state index contributed by atoms with van der Waals surface area (Å²) in [7, 11) is -4.20. The van der Waals surface area contributed by atoms with Gasteiger partial charge in [-0.15, -0.1) is 11.8 Å². The van der Waals surface area contributed by atoms with E-state index in [1.165, 1.54) is 28.8 Å². The number of sulfonamides is 1. The summed E-state index contributed by atoms with van der Waals surface area (Å²) in [5, 5.41) is 2.90. The Labute approximate surface area is 262 Å². The van der Waals surface area contributed by atoms with Crippen molar-refractivity contribution in [2.24, 2.45) is 0 Å². The number of halogens is 1. The van der Waals surface area contributed by atoms with E-state index in [-0.39, 0.29) is 23.0 Å². The minimum Gasteiger partial charge on any atom is -0.492 e. The molecule has 8 nitrogen and oxygen atoms in total. The van der Waals surface area contributed by atoms with Crippen molar-refractivity contribution in [3.63, 3.8) is 0 Å². The molecule has 0 radical (unpaired) electrons. The van der Waals surface area contributed by atoms with Crippen molar-refractivity contribution in [2.45, 2.75) is 56.0 Å². The zero-order valence-electron chi connectivity index (χ0n) is 24.4. The second kappa shape index (κ2) is 16.0. The minimum atomic E-state index is -4.20. The van der Waals surface area contributed by atoms with Crippen LogP contribution in [0.2, 0.25) is 0 Å². The summed E-state index contributed by atoms with van der Waals surface area (Å²) in [6, 6.07) is 19.9. The highest BCUT2D eigenvalue weighted by Crippen LogP contribution is 2.33. The Balaban J connectivity index is 2.05. The number of ether oxygens (including phenoxy) is 1. The number of hydrogen-bond acceptors (Lipinski definition) is 6. The molecule has 0 aromatic heterocycles. The van der Waals surface area contributed by atoms with Crippen LogP contribution in [0.25, 0.3) is 0 Å². The molecular weight excluding hydrogens is 638 g/mol. The molecule has 0 aliphatic heterocycles. The van der Waals surface area contributed by atoms with Gasteiger partial charge in [0, 0.05) is 22.5 Å². The molecular formula is C31H38BrN3O5S2. The Morgan fingerprint density at radius 1 is 1.00 bits per heavy atom. The van der Waals surface area contributed by atoms with Gasteiger partial charge in [0.25, 0.3) is 10.0 Å². The van der Waals surface area contributed by atoms with Gasteiger partial charge in [0.05, 0.1) is 17.2 Å². The van der Waals surface area contributed by atoms with Crippen LogP contribution in [0.5, 0.6) is 5.75 Å². The van der Waals surface area contributed by atoms with Gasteiger partial charge in [-0.05, 0) is 80.6 Å². The van der Waals surface area contributed by atoms with Crippen molar-refractivity contribution in [1.82, 2.24) is 10.2 Å². The van der Waals surface area contributed by atoms with Gasteiger partial charge in [-0.1, -0.05) is 53.5 Å². The molecule has 0 saturated heterocycles. The second-order valence-electron chi connectivity index (χ2n) is 9.56. The van der Waals surface area contributed by atoms with Gasteiger partial charge in [0.15, 0.2) is 0 Å². The smallest absolute Gasteiger partial charge is 0.264 e. The number of para-hydroxylation sites is 2. The molecule has 226 valence electrons. The zero-order chi connectivity index (χ0) is 30.7. The molecule has 1 N–H and O–H groups in total. The largest absolute Gasteiger partial charge is 0.492 e. The number of hydrogen-bond donors (Lipinski definition) is 1. The number of anilines is 1. The summed E-state index contributed by atoms with van der Waals surface area (Å²) in [6.45, 7) is 5.90. The SMILES string of the molecule is CCCCNC(=O)C(C)N(Cc1ccc(Br)cc1)C(=O)CN(c1ccccc1OCC)S(=O)(=O)c1ccc(SC)cc1. The Kier molecular flexibility index (Phi) is 12.8. The molecule has 0 spiro atoms. The molecule has 3 aromatic carbocycles. The number of amides is 2. The summed E-state index contributed by atoms with van der Waals surface area (Å²) in [4.78, 5) is 29.6. The topological polar surface area (TPSA) is 96.0 Å². The van der Waals surface area contributed by atoms with Crippen LogP contribution < -0.4 is 14.4 Å². The second-order valence-corrected chi connectivity index (χ2v) is 13.2. The molecule has 2 amide bonds. The average Bonchev–Trinajstić information content (AvgIpc) is 2.99. The molecule has 1 unspecified atom stereocenters. The molecule has 0 aliphatic rings. The molecule has 0 aliphatic carbocycles. The van der Waals surface area contributed by atoms with Gasteiger partial charge in [0.1, 0.15) is 18.3 Å². The summed E-state index contributed by atoms with van der Waals surface area (Å²) >= 11 is 4.93. The minimum absolute atomic E-state index is 0.0456. The van der Waals surface area contributed by atoms with Gasteiger partial charge >= 0.3 is 0 Å². The van der Waals surface area contributed by atoms with Gasteiger partial charge in [-0.3, -0.25) is 13.9 Å². The lowest BCUT2D eigenvalue weighted by atomic mass is 10.1. The number of rotatable bonds is 15. The van der Waals surface area contributed by atoms with Crippen LogP contribution in [0, 0.1) is 0 Å². The van der Waals surface area contributed by atoms with Gasteiger partial charge < -0.3 is 15.0 Å². The lowest BCUT2D eigenvalue weighted by Gasteiger charge is -2.32. The predicted molar refractivity (Wildman–Crippen MR) is 172 cm³/mol. The number of nitrogens with one attached hydrogen (secondary N) is 1. The molecule has 3 aromatic rings. The normalized spacial score (nSPS) is 11.9. The summed E-state index contributed by atoms with van der Waals surface area (Å²) in [6.07, 6.45) is 3.64. The van der Waals surface area contributed by atoms with Crippen LogP contribution in [0.15, 0.2) is 87.1 Å². The van der Waals surface area contributed by atoms with Crippen molar-refractivity contribution in [3.8, 4) is 5.75 Å². The van der Waals surface area contributed by atoms with E-state index in [0.29, 0.717) is 18.9 Å². The van der Waals surface area contributed by atoms with Crippen LogP contribution in [-0.2, 0) is 26.2 Å². The predicted octanol–water partition coefficient (Wildman–Crippen LogP) is 6.10. The number of benzene rings is 3. The number of carbonyl (C=O) groups is 2. The number of thioether (sulfide) groups is 1. The summed E-state index contributed by atoms with van der Waals surface area (Å²) in [5.74, 6) is -0.487.